The highest BCUT2D eigenvalue weighted by molar-refractivity contribution is 7.15. The average Bonchev–Trinajstić information content (AvgIpc) is 2.80. The molecule has 0 aliphatic heterocycles. The van der Waals surface area contributed by atoms with Crippen molar-refractivity contribution in [1.82, 2.24) is 10.2 Å². The lowest BCUT2D eigenvalue weighted by atomic mass is 10.2. The normalized spacial score (nSPS) is 10.4. The molecule has 2 N–H and O–H groups in total. The van der Waals surface area contributed by atoms with E-state index in [1.165, 1.54) is 23.5 Å². The lowest BCUT2D eigenvalue weighted by molar-refractivity contribution is -0.116. The Morgan fingerprint density at radius 2 is 2.05 bits per heavy atom. The lowest BCUT2D eigenvalue weighted by Crippen LogP contribution is -2.30. The maximum atomic E-state index is 12.8. The summed E-state index contributed by atoms with van der Waals surface area (Å²) in [4.78, 5) is 12.5. The molecule has 2 rings (SSSR count). The van der Waals surface area contributed by atoms with Gasteiger partial charge < -0.3 is 10.6 Å². The summed E-state index contributed by atoms with van der Waals surface area (Å²) in [5, 5.41) is 9.48. The van der Waals surface area contributed by atoms with Crippen LogP contribution < -0.4 is 10.6 Å². The third-order valence-corrected chi connectivity index (χ3v) is 3.48. The second-order valence-electron chi connectivity index (χ2n) is 4.10. The lowest BCUT2D eigenvalue weighted by Gasteiger charge is -2.11. The van der Waals surface area contributed by atoms with E-state index in [0.717, 1.165) is 10.6 Å². The van der Waals surface area contributed by atoms with Crippen molar-refractivity contribution in [3.05, 3.63) is 40.7 Å². The van der Waals surface area contributed by atoms with E-state index in [-0.39, 0.29) is 12.4 Å². The van der Waals surface area contributed by atoms with Gasteiger partial charge in [0.2, 0.25) is 11.0 Å². The SMILES string of the molecule is CN(CC(N)=O)c1nnc(Cc2ccc(F)cc2)s1. The second kappa shape index (κ2) is 5.75. The summed E-state index contributed by atoms with van der Waals surface area (Å²) in [5.74, 6) is -0.680. The number of carbonyl (C=O) groups is 1. The molecule has 7 heteroatoms. The highest BCUT2D eigenvalue weighted by Gasteiger charge is 2.11. The van der Waals surface area contributed by atoms with Crippen LogP contribution in [-0.4, -0.2) is 29.7 Å². The molecule has 0 unspecified atom stereocenters. The minimum Gasteiger partial charge on any atom is -0.368 e. The highest BCUT2D eigenvalue weighted by Crippen LogP contribution is 2.21. The van der Waals surface area contributed by atoms with Crippen molar-refractivity contribution in [1.29, 1.82) is 0 Å². The Bertz CT molecular complexity index is 569. The molecule has 0 aliphatic rings. The molecule has 19 heavy (non-hydrogen) atoms. The summed E-state index contributed by atoms with van der Waals surface area (Å²) in [5.41, 5.74) is 6.08. The van der Waals surface area contributed by atoms with Gasteiger partial charge in [0.1, 0.15) is 10.8 Å². The quantitative estimate of drug-likeness (QED) is 0.893. The zero-order chi connectivity index (χ0) is 13.8. The molecule has 0 radical (unpaired) electrons. The minimum atomic E-state index is -0.419. The van der Waals surface area contributed by atoms with E-state index in [1.807, 2.05) is 0 Å². The van der Waals surface area contributed by atoms with Crippen LogP contribution in [0.4, 0.5) is 9.52 Å². The molecule has 0 aliphatic carbocycles. The fourth-order valence-corrected chi connectivity index (χ4v) is 2.38. The molecule has 0 bridgehead atoms. The molecule has 1 amide bonds. The van der Waals surface area contributed by atoms with Crippen LogP contribution in [-0.2, 0) is 11.2 Å². The van der Waals surface area contributed by atoms with E-state index in [1.54, 1.807) is 24.1 Å². The summed E-state index contributed by atoms with van der Waals surface area (Å²) in [6.07, 6.45) is 0.586. The molecule has 0 fully saturated rings. The number of halogens is 1. The van der Waals surface area contributed by atoms with Crippen molar-refractivity contribution >= 4 is 22.4 Å². The number of anilines is 1. The zero-order valence-electron chi connectivity index (χ0n) is 10.3. The van der Waals surface area contributed by atoms with Crippen molar-refractivity contribution in [2.75, 3.05) is 18.5 Å². The molecule has 5 nitrogen and oxygen atoms in total. The van der Waals surface area contributed by atoms with Crippen molar-refractivity contribution in [2.45, 2.75) is 6.42 Å². The smallest absolute Gasteiger partial charge is 0.237 e. The van der Waals surface area contributed by atoms with Crippen LogP contribution in [0.3, 0.4) is 0 Å². The Hall–Kier alpha value is -2.02. The molecule has 0 spiro atoms. The second-order valence-corrected chi connectivity index (χ2v) is 5.14. The Labute approximate surface area is 113 Å². The van der Waals surface area contributed by atoms with Crippen molar-refractivity contribution < 1.29 is 9.18 Å². The number of rotatable bonds is 5. The first kappa shape index (κ1) is 13.4. The van der Waals surface area contributed by atoms with Crippen LogP contribution in [0.5, 0.6) is 0 Å². The zero-order valence-corrected chi connectivity index (χ0v) is 11.2. The topological polar surface area (TPSA) is 72.1 Å². The summed E-state index contributed by atoms with van der Waals surface area (Å²) in [7, 11) is 1.73. The molecule has 0 saturated carbocycles. The summed E-state index contributed by atoms with van der Waals surface area (Å²) in [6, 6.07) is 6.25. The fraction of sp³-hybridized carbons (Fsp3) is 0.250. The van der Waals surface area contributed by atoms with E-state index < -0.39 is 5.91 Å². The largest absolute Gasteiger partial charge is 0.368 e. The first-order valence-corrected chi connectivity index (χ1v) is 6.42. The molecule has 0 atom stereocenters. The van der Waals surface area contributed by atoms with Gasteiger partial charge in [0.05, 0.1) is 6.54 Å². The van der Waals surface area contributed by atoms with E-state index in [0.29, 0.717) is 11.6 Å². The van der Waals surface area contributed by atoms with Crippen LogP contribution >= 0.6 is 11.3 Å². The summed E-state index contributed by atoms with van der Waals surface area (Å²) >= 11 is 1.38. The van der Waals surface area contributed by atoms with Gasteiger partial charge in [-0.2, -0.15) is 0 Å². The number of nitrogens with zero attached hydrogens (tertiary/aromatic N) is 3. The molecule has 1 heterocycles. The van der Waals surface area contributed by atoms with E-state index in [4.69, 9.17) is 5.73 Å². The van der Waals surface area contributed by atoms with Gasteiger partial charge in [-0.15, -0.1) is 10.2 Å². The predicted octanol–water partition coefficient (Wildman–Crippen LogP) is 1.19. The Morgan fingerprint density at radius 3 is 2.68 bits per heavy atom. The minimum absolute atomic E-state index is 0.102. The fourth-order valence-electron chi connectivity index (χ4n) is 1.55. The molecule has 2 aromatic rings. The third kappa shape index (κ3) is 3.72. The van der Waals surface area contributed by atoms with Crippen LogP contribution in [0.25, 0.3) is 0 Å². The van der Waals surface area contributed by atoms with Gasteiger partial charge in [0.15, 0.2) is 0 Å². The van der Waals surface area contributed by atoms with Gasteiger partial charge in [0.25, 0.3) is 0 Å². The van der Waals surface area contributed by atoms with Gasteiger partial charge in [-0.05, 0) is 17.7 Å². The van der Waals surface area contributed by atoms with Crippen molar-refractivity contribution in [2.24, 2.45) is 5.73 Å². The molecular formula is C12H13FN4OS. The maximum absolute atomic E-state index is 12.8. The van der Waals surface area contributed by atoms with E-state index in [2.05, 4.69) is 10.2 Å². The van der Waals surface area contributed by atoms with Crippen LogP contribution in [0, 0.1) is 5.82 Å². The number of hydrogen-bond acceptors (Lipinski definition) is 5. The number of aromatic nitrogens is 2. The monoisotopic (exact) mass is 280 g/mol. The first-order valence-electron chi connectivity index (χ1n) is 5.61. The van der Waals surface area contributed by atoms with E-state index >= 15 is 0 Å². The Balaban J connectivity index is 2.04. The van der Waals surface area contributed by atoms with Gasteiger partial charge in [0, 0.05) is 13.5 Å². The summed E-state index contributed by atoms with van der Waals surface area (Å²) in [6.45, 7) is 0.102. The van der Waals surface area contributed by atoms with Crippen LogP contribution in [0.15, 0.2) is 24.3 Å². The molecular weight excluding hydrogens is 267 g/mol. The van der Waals surface area contributed by atoms with Gasteiger partial charge in [-0.25, -0.2) is 4.39 Å². The van der Waals surface area contributed by atoms with Crippen molar-refractivity contribution in [3.63, 3.8) is 0 Å². The third-order valence-electron chi connectivity index (χ3n) is 2.44. The highest BCUT2D eigenvalue weighted by atomic mass is 32.1. The molecule has 0 saturated heterocycles. The number of likely N-dealkylation sites (N-methyl/N-ethyl adjacent to an activating group) is 1. The molecule has 1 aromatic carbocycles. The van der Waals surface area contributed by atoms with Crippen LogP contribution in [0.2, 0.25) is 0 Å². The number of hydrogen-bond donors (Lipinski definition) is 1. The van der Waals surface area contributed by atoms with Gasteiger partial charge in [-0.3, -0.25) is 4.79 Å². The number of primary amides is 1. The number of benzene rings is 1. The number of amides is 1. The van der Waals surface area contributed by atoms with E-state index in [9.17, 15) is 9.18 Å². The van der Waals surface area contributed by atoms with Gasteiger partial charge in [-0.1, -0.05) is 23.5 Å². The maximum Gasteiger partial charge on any atom is 0.237 e. The van der Waals surface area contributed by atoms with Crippen LogP contribution in [0.1, 0.15) is 10.6 Å². The van der Waals surface area contributed by atoms with Crippen molar-refractivity contribution in [3.8, 4) is 0 Å². The average molecular weight is 280 g/mol. The molecule has 1 aromatic heterocycles. The Morgan fingerprint density at radius 1 is 1.37 bits per heavy atom. The molecule has 100 valence electrons. The standard InChI is InChI=1S/C12H13FN4OS/c1-17(7-10(14)18)12-16-15-11(19-12)6-8-2-4-9(13)5-3-8/h2-5H,6-7H2,1H3,(H2,14,18). The number of carbonyl (C=O) groups excluding carboxylic acids is 1. The Kier molecular flexibility index (Phi) is 4.06. The van der Waals surface area contributed by atoms with Gasteiger partial charge >= 0.3 is 0 Å². The summed E-state index contributed by atoms with van der Waals surface area (Å²) < 4.78 is 12.8. The predicted molar refractivity (Wildman–Crippen MR) is 71.6 cm³/mol. The number of nitrogens with two attached hydrogens (primary N) is 1. The first-order chi connectivity index (χ1) is 9.04.